The molecule has 0 saturated carbocycles. The van der Waals surface area contributed by atoms with Crippen LogP contribution in [0.5, 0.6) is 5.75 Å². The predicted octanol–water partition coefficient (Wildman–Crippen LogP) is 2.08. The van der Waals surface area contributed by atoms with Crippen LogP contribution >= 0.6 is 0 Å². The fourth-order valence-corrected chi connectivity index (χ4v) is 1.63. The van der Waals surface area contributed by atoms with E-state index in [4.69, 9.17) is 10.5 Å². The minimum atomic E-state index is 0.538. The van der Waals surface area contributed by atoms with E-state index in [1.54, 1.807) is 7.11 Å². The van der Waals surface area contributed by atoms with E-state index < -0.39 is 0 Å². The predicted molar refractivity (Wildman–Crippen MR) is 55.1 cm³/mol. The summed E-state index contributed by atoms with van der Waals surface area (Å²) in [5.74, 6) is 0.944. The molecule has 13 heavy (non-hydrogen) atoms. The molecule has 0 aliphatic rings. The molecule has 72 valence electrons. The number of benzene rings is 1. The summed E-state index contributed by atoms with van der Waals surface area (Å²) >= 11 is 0. The van der Waals surface area contributed by atoms with Crippen molar-refractivity contribution in [2.24, 2.45) is 5.73 Å². The van der Waals surface area contributed by atoms with Crippen molar-refractivity contribution in [2.75, 3.05) is 7.11 Å². The molecule has 0 atom stereocenters. The van der Waals surface area contributed by atoms with Crippen molar-refractivity contribution in [3.63, 3.8) is 0 Å². The van der Waals surface area contributed by atoms with E-state index in [9.17, 15) is 0 Å². The van der Waals surface area contributed by atoms with Gasteiger partial charge in [0.05, 0.1) is 7.11 Å². The summed E-state index contributed by atoms with van der Waals surface area (Å²) in [5, 5.41) is 0. The quantitative estimate of drug-likeness (QED) is 0.754. The van der Waals surface area contributed by atoms with Gasteiger partial charge in [-0.15, -0.1) is 0 Å². The fourth-order valence-electron chi connectivity index (χ4n) is 1.63. The Labute approximate surface area is 79.7 Å². The first kappa shape index (κ1) is 10.1. The average molecular weight is 179 g/mol. The van der Waals surface area contributed by atoms with Gasteiger partial charge in [-0.25, -0.2) is 0 Å². The van der Waals surface area contributed by atoms with Gasteiger partial charge in [-0.05, 0) is 37.5 Å². The molecule has 1 rings (SSSR count). The Kier molecular flexibility index (Phi) is 2.94. The molecule has 2 nitrogen and oxygen atoms in total. The number of ether oxygens (including phenoxy) is 1. The normalized spacial score (nSPS) is 10.2. The van der Waals surface area contributed by atoms with E-state index >= 15 is 0 Å². The van der Waals surface area contributed by atoms with Crippen LogP contribution in [-0.2, 0) is 6.54 Å². The van der Waals surface area contributed by atoms with Gasteiger partial charge in [0, 0.05) is 12.1 Å². The lowest BCUT2D eigenvalue weighted by atomic mass is 9.99. The van der Waals surface area contributed by atoms with E-state index in [0.29, 0.717) is 6.54 Å². The lowest BCUT2D eigenvalue weighted by molar-refractivity contribution is 0.406. The van der Waals surface area contributed by atoms with Crippen molar-refractivity contribution in [2.45, 2.75) is 27.3 Å². The Morgan fingerprint density at radius 3 is 2.31 bits per heavy atom. The molecule has 0 aromatic heterocycles. The fraction of sp³-hybridized carbons (Fsp3) is 0.455. The maximum Gasteiger partial charge on any atom is 0.126 e. The van der Waals surface area contributed by atoms with Crippen LogP contribution in [0.25, 0.3) is 0 Å². The molecule has 0 heterocycles. The van der Waals surface area contributed by atoms with E-state index in [1.165, 1.54) is 16.7 Å². The van der Waals surface area contributed by atoms with E-state index in [0.717, 1.165) is 11.3 Å². The van der Waals surface area contributed by atoms with Crippen molar-refractivity contribution >= 4 is 0 Å². The van der Waals surface area contributed by atoms with Crippen molar-refractivity contribution in [1.82, 2.24) is 0 Å². The number of hydrogen-bond acceptors (Lipinski definition) is 2. The van der Waals surface area contributed by atoms with Crippen LogP contribution in [0.2, 0.25) is 0 Å². The molecule has 0 amide bonds. The standard InChI is InChI=1S/C11H17NO/c1-7-5-8(2)10(6-12)11(13-4)9(7)3/h5H,6,12H2,1-4H3. The van der Waals surface area contributed by atoms with Crippen LogP contribution < -0.4 is 10.5 Å². The van der Waals surface area contributed by atoms with Gasteiger partial charge in [-0.2, -0.15) is 0 Å². The molecule has 0 radical (unpaired) electrons. The van der Waals surface area contributed by atoms with E-state index in [1.807, 2.05) is 0 Å². The number of hydrogen-bond donors (Lipinski definition) is 1. The number of aryl methyl sites for hydroxylation is 2. The third-order valence-electron chi connectivity index (χ3n) is 2.52. The van der Waals surface area contributed by atoms with Crippen LogP contribution in [0.4, 0.5) is 0 Å². The van der Waals surface area contributed by atoms with Gasteiger partial charge in [0.2, 0.25) is 0 Å². The number of methoxy groups -OCH3 is 1. The SMILES string of the molecule is COc1c(C)c(C)cc(C)c1CN. The van der Waals surface area contributed by atoms with Crippen LogP contribution in [0.1, 0.15) is 22.3 Å². The average Bonchev–Trinajstić information content (AvgIpc) is 2.10. The highest BCUT2D eigenvalue weighted by molar-refractivity contribution is 5.49. The van der Waals surface area contributed by atoms with Gasteiger partial charge >= 0.3 is 0 Å². The summed E-state index contributed by atoms with van der Waals surface area (Å²) in [6.07, 6.45) is 0. The van der Waals surface area contributed by atoms with Gasteiger partial charge in [-0.1, -0.05) is 6.07 Å². The van der Waals surface area contributed by atoms with E-state index in [2.05, 4.69) is 26.8 Å². The Morgan fingerprint density at radius 1 is 1.23 bits per heavy atom. The molecule has 0 bridgehead atoms. The molecule has 1 aromatic carbocycles. The topological polar surface area (TPSA) is 35.2 Å². The summed E-state index contributed by atoms with van der Waals surface area (Å²) in [4.78, 5) is 0. The summed E-state index contributed by atoms with van der Waals surface area (Å²) < 4.78 is 5.35. The molecular weight excluding hydrogens is 162 g/mol. The monoisotopic (exact) mass is 179 g/mol. The van der Waals surface area contributed by atoms with Gasteiger partial charge in [0.25, 0.3) is 0 Å². The van der Waals surface area contributed by atoms with E-state index in [-0.39, 0.29) is 0 Å². The number of nitrogens with two attached hydrogens (primary N) is 1. The molecule has 2 N–H and O–H groups in total. The molecule has 2 heteroatoms. The highest BCUT2D eigenvalue weighted by Gasteiger charge is 2.09. The van der Waals surface area contributed by atoms with Gasteiger partial charge in [0.15, 0.2) is 0 Å². The summed E-state index contributed by atoms with van der Waals surface area (Å²) in [6.45, 7) is 6.76. The molecular formula is C11H17NO. The summed E-state index contributed by atoms with van der Waals surface area (Å²) in [5.41, 5.74) is 10.4. The minimum absolute atomic E-state index is 0.538. The van der Waals surface area contributed by atoms with Crippen LogP contribution in [0, 0.1) is 20.8 Å². The second-order valence-electron chi connectivity index (χ2n) is 3.35. The first-order valence-corrected chi connectivity index (χ1v) is 4.45. The summed E-state index contributed by atoms with van der Waals surface area (Å²) in [6, 6.07) is 2.15. The molecule has 0 fully saturated rings. The molecule has 0 unspecified atom stereocenters. The first-order valence-electron chi connectivity index (χ1n) is 4.45. The molecule has 0 aliphatic heterocycles. The van der Waals surface area contributed by atoms with Crippen molar-refractivity contribution in [1.29, 1.82) is 0 Å². The molecule has 0 saturated heterocycles. The van der Waals surface area contributed by atoms with Crippen LogP contribution in [0.15, 0.2) is 6.07 Å². The lowest BCUT2D eigenvalue weighted by Crippen LogP contribution is -2.05. The number of rotatable bonds is 2. The largest absolute Gasteiger partial charge is 0.496 e. The van der Waals surface area contributed by atoms with Crippen molar-refractivity contribution < 1.29 is 4.74 Å². The van der Waals surface area contributed by atoms with Gasteiger partial charge in [-0.3, -0.25) is 0 Å². The van der Waals surface area contributed by atoms with Crippen LogP contribution in [0.3, 0.4) is 0 Å². The zero-order valence-corrected chi connectivity index (χ0v) is 8.77. The van der Waals surface area contributed by atoms with Gasteiger partial charge in [0.1, 0.15) is 5.75 Å². The Bertz CT molecular complexity index is 318. The summed E-state index contributed by atoms with van der Waals surface area (Å²) in [7, 11) is 1.69. The smallest absolute Gasteiger partial charge is 0.126 e. The zero-order valence-electron chi connectivity index (χ0n) is 8.77. The maximum absolute atomic E-state index is 5.67. The third kappa shape index (κ3) is 1.68. The maximum atomic E-state index is 5.67. The Balaban J connectivity index is 3.41. The molecule has 0 aliphatic carbocycles. The third-order valence-corrected chi connectivity index (χ3v) is 2.52. The lowest BCUT2D eigenvalue weighted by Gasteiger charge is -2.14. The molecule has 1 aromatic rings. The highest BCUT2D eigenvalue weighted by atomic mass is 16.5. The van der Waals surface area contributed by atoms with Crippen molar-refractivity contribution in [3.05, 3.63) is 28.3 Å². The molecule has 0 spiro atoms. The first-order chi connectivity index (χ1) is 6.11. The van der Waals surface area contributed by atoms with Crippen LogP contribution in [-0.4, -0.2) is 7.11 Å². The van der Waals surface area contributed by atoms with Crippen molar-refractivity contribution in [3.8, 4) is 5.75 Å². The minimum Gasteiger partial charge on any atom is -0.496 e. The highest BCUT2D eigenvalue weighted by Crippen LogP contribution is 2.28. The second kappa shape index (κ2) is 3.79. The second-order valence-corrected chi connectivity index (χ2v) is 3.35. The Hall–Kier alpha value is -1.02. The Morgan fingerprint density at radius 2 is 1.85 bits per heavy atom. The zero-order chi connectivity index (χ0) is 10.0. The van der Waals surface area contributed by atoms with Gasteiger partial charge < -0.3 is 10.5 Å².